The van der Waals surface area contributed by atoms with Crippen molar-refractivity contribution in [1.29, 1.82) is 0 Å². The molecule has 3 heterocycles. The van der Waals surface area contributed by atoms with Crippen molar-refractivity contribution >= 4 is 26.3 Å². The summed E-state index contributed by atoms with van der Waals surface area (Å²) in [7, 11) is -0.744. The van der Waals surface area contributed by atoms with Gasteiger partial charge in [-0.2, -0.15) is 0 Å². The molecule has 2 aromatic rings. The van der Waals surface area contributed by atoms with Crippen molar-refractivity contribution in [2.75, 3.05) is 7.11 Å². The molecule has 2 aromatic heterocycles. The molecule has 1 N–H and O–H groups in total. The molecule has 1 aliphatic heterocycles. The molecule has 63 heavy (non-hydrogen) atoms. The number of oxazole rings is 2. The van der Waals surface area contributed by atoms with Crippen LogP contribution in [0.15, 0.2) is 113 Å². The third-order valence-electron chi connectivity index (χ3n) is 12.3. The number of hydrogen-bond acceptors (Lipinski definition) is 11. The van der Waals surface area contributed by atoms with E-state index >= 15 is 0 Å². The second kappa shape index (κ2) is 23.9. The molecule has 0 radical (unpaired) electrons. The summed E-state index contributed by atoms with van der Waals surface area (Å²) in [6, 6.07) is 0. The van der Waals surface area contributed by atoms with Crippen molar-refractivity contribution in [1.82, 2.24) is 9.97 Å². The van der Waals surface area contributed by atoms with Crippen LogP contribution in [0, 0.1) is 22.7 Å². The number of aliphatic hydroxyl groups excluding tert-OH is 1. The van der Waals surface area contributed by atoms with E-state index in [2.05, 4.69) is 95.3 Å². The number of carbonyl (C=O) groups excluding carboxylic acids is 2. The highest BCUT2D eigenvalue weighted by molar-refractivity contribution is 6.74. The number of methoxy groups -OCH3 is 1. The highest BCUT2D eigenvalue weighted by Gasteiger charge is 2.44. The first-order valence-electron chi connectivity index (χ1n) is 22.0. The first-order chi connectivity index (χ1) is 29.6. The van der Waals surface area contributed by atoms with E-state index in [0.717, 1.165) is 0 Å². The van der Waals surface area contributed by atoms with E-state index in [1.165, 1.54) is 19.6 Å². The third kappa shape index (κ3) is 16.2. The van der Waals surface area contributed by atoms with E-state index in [1.54, 1.807) is 12.2 Å². The van der Waals surface area contributed by atoms with E-state index in [-0.39, 0.29) is 57.9 Å². The molecular formula is C51H74N2O9Si. The highest BCUT2D eigenvalue weighted by atomic mass is 28.4. The summed E-state index contributed by atoms with van der Waals surface area (Å²) in [6.45, 7) is 27.6. The van der Waals surface area contributed by atoms with Gasteiger partial charge in [-0.05, 0) is 50.2 Å². The number of hydrogen-bond donors (Lipinski definition) is 1. The molecule has 0 spiro atoms. The molecule has 11 nitrogen and oxygen atoms in total. The van der Waals surface area contributed by atoms with Crippen molar-refractivity contribution in [3.63, 3.8) is 0 Å². The number of epoxide rings is 1. The fourth-order valence-corrected chi connectivity index (χ4v) is 7.66. The largest absolute Gasteiger partial charge is 0.464 e. The molecule has 0 bridgehead atoms. The zero-order chi connectivity index (χ0) is 47.0. The third-order valence-corrected chi connectivity index (χ3v) is 16.7. The molecule has 346 valence electrons. The van der Waals surface area contributed by atoms with Crippen LogP contribution in [0.4, 0.5) is 0 Å². The Hall–Kier alpha value is -4.62. The molecule has 7 atom stereocenters. The van der Waals surface area contributed by atoms with Crippen LogP contribution in [0.3, 0.4) is 0 Å². The minimum Gasteiger partial charge on any atom is -0.464 e. The molecule has 0 unspecified atom stereocenters. The van der Waals surface area contributed by atoms with Crippen molar-refractivity contribution in [3.05, 3.63) is 127 Å². The number of aromatic nitrogens is 2. The van der Waals surface area contributed by atoms with Gasteiger partial charge >= 0.3 is 11.9 Å². The Balaban J connectivity index is 1.53. The zero-order valence-corrected chi connectivity index (χ0v) is 41.2. The Morgan fingerprint density at radius 1 is 0.794 bits per heavy atom. The molecule has 3 rings (SSSR count). The van der Waals surface area contributed by atoms with Crippen LogP contribution < -0.4 is 0 Å². The van der Waals surface area contributed by atoms with Gasteiger partial charge in [0.15, 0.2) is 25.6 Å². The monoisotopic (exact) mass is 887 g/mol. The predicted molar refractivity (Wildman–Crippen MR) is 253 cm³/mol. The van der Waals surface area contributed by atoms with Gasteiger partial charge in [0.1, 0.15) is 30.8 Å². The lowest BCUT2D eigenvalue weighted by Crippen LogP contribution is -2.50. The number of ether oxygens (including phenoxy) is 3. The van der Waals surface area contributed by atoms with Crippen LogP contribution in [0.5, 0.6) is 0 Å². The lowest BCUT2D eigenvalue weighted by Gasteiger charge is -2.44. The summed E-state index contributed by atoms with van der Waals surface area (Å²) in [5.74, 6) is -0.0787. The standard InChI is InChI=1S/C51H74N2O9Si/c1-15-25-37(4)50(8,9)43(31-21-19-17-18-20-27-36(3)33-46-53-38(34-59-46)47(55)57-12)61-48(56)39-35-58-45(52-39)32-23-22-28-40-41(60-40)29-24-30-42(54)51(10,11)44(26-16-2)62-63(13,14)49(5,6)7/h15-29,32,34-37,40-44,54H,30-31,33H2,1-14H3/b18-17-,21-19-,25-15+,26-16+,27-20+,28-22+,29-24-,32-23-/t36-,37-,40-,41+,42-,43-,44-/m0/s1. The lowest BCUT2D eigenvalue weighted by atomic mass is 9.74. The van der Waals surface area contributed by atoms with E-state index in [1.807, 2.05) is 93.7 Å². The normalized spacial score (nSPS) is 19.5. The molecule has 0 amide bonds. The van der Waals surface area contributed by atoms with Gasteiger partial charge in [-0.3, -0.25) is 0 Å². The number of rotatable bonds is 24. The van der Waals surface area contributed by atoms with Gasteiger partial charge in [-0.25, -0.2) is 19.6 Å². The van der Waals surface area contributed by atoms with Crippen LogP contribution in [-0.4, -0.2) is 73.0 Å². The number of aliphatic hydroxyl groups is 1. The Kier molecular flexibility index (Phi) is 20.0. The highest BCUT2D eigenvalue weighted by Crippen LogP contribution is 2.42. The minimum atomic E-state index is -2.05. The summed E-state index contributed by atoms with van der Waals surface area (Å²) in [6.07, 6.45) is 34.0. The lowest BCUT2D eigenvalue weighted by molar-refractivity contribution is -0.0185. The maximum absolute atomic E-state index is 13.4. The molecule has 12 heteroatoms. The summed E-state index contributed by atoms with van der Waals surface area (Å²) >= 11 is 0. The fraction of sp³-hybridized carbons (Fsp3) is 0.529. The molecule has 1 fully saturated rings. The Bertz CT molecular complexity index is 2000. The SMILES string of the molecule is C/C=C/[C@H](O[Si](C)(C)C(C)(C)C)C(C)(C)[C@@H](O)C/C=C\[C@H]1O[C@H]1/C=C/C=C\c1nc(C(=O)O[C@@H](C\C=C/C=C\C=C\[C@H](C)Cc2nc(C(=O)OC)co2)C(C)(C)[C@@H](C)/C=C/C)co1. The van der Waals surface area contributed by atoms with E-state index in [4.69, 9.17) is 22.7 Å². The summed E-state index contributed by atoms with van der Waals surface area (Å²) in [5, 5.41) is 11.3. The number of esters is 2. The van der Waals surface area contributed by atoms with Crippen molar-refractivity contribution < 1.29 is 42.2 Å². The molecule has 0 aromatic carbocycles. The van der Waals surface area contributed by atoms with Gasteiger partial charge in [0.25, 0.3) is 0 Å². The van der Waals surface area contributed by atoms with E-state index in [0.29, 0.717) is 25.2 Å². The van der Waals surface area contributed by atoms with Crippen molar-refractivity contribution in [2.24, 2.45) is 22.7 Å². The topological polar surface area (TPSA) is 147 Å². The maximum Gasteiger partial charge on any atom is 0.360 e. The smallest absolute Gasteiger partial charge is 0.360 e. The van der Waals surface area contributed by atoms with Crippen LogP contribution in [0.25, 0.3) is 6.08 Å². The molecule has 1 aliphatic rings. The van der Waals surface area contributed by atoms with E-state index < -0.39 is 37.9 Å². The Labute approximate surface area is 377 Å². The van der Waals surface area contributed by atoms with Gasteiger partial charge in [0, 0.05) is 29.7 Å². The van der Waals surface area contributed by atoms with Crippen molar-refractivity contribution in [2.45, 2.75) is 144 Å². The fourth-order valence-electron chi connectivity index (χ4n) is 6.29. The van der Waals surface area contributed by atoms with Crippen molar-refractivity contribution in [3.8, 4) is 0 Å². The first kappa shape index (κ1) is 52.7. The number of carbonyl (C=O) groups is 2. The summed E-state index contributed by atoms with van der Waals surface area (Å²) < 4.78 is 34.3. The quantitative estimate of drug-likeness (QED) is 0.0353. The average Bonchev–Trinajstić information content (AvgIpc) is 3.52. The van der Waals surface area contributed by atoms with Gasteiger partial charge in [-0.1, -0.05) is 153 Å². The number of allylic oxidation sites excluding steroid dienone is 10. The second-order valence-electron chi connectivity index (χ2n) is 19.0. The van der Waals surface area contributed by atoms with Gasteiger partial charge in [-0.15, -0.1) is 0 Å². The van der Waals surface area contributed by atoms with Crippen LogP contribution >= 0.6 is 0 Å². The van der Waals surface area contributed by atoms with Gasteiger partial charge < -0.3 is 32.6 Å². The minimum absolute atomic E-state index is 0.0603. The van der Waals surface area contributed by atoms with Gasteiger partial charge in [0.05, 0.1) is 19.3 Å². The Morgan fingerprint density at radius 2 is 1.44 bits per heavy atom. The molecule has 1 saturated heterocycles. The maximum atomic E-state index is 13.4. The van der Waals surface area contributed by atoms with Crippen LogP contribution in [0.2, 0.25) is 18.1 Å². The summed E-state index contributed by atoms with van der Waals surface area (Å²) in [4.78, 5) is 33.6. The Morgan fingerprint density at radius 3 is 2.11 bits per heavy atom. The predicted octanol–water partition coefficient (Wildman–Crippen LogP) is 11.8. The molecule has 0 aliphatic carbocycles. The second-order valence-corrected chi connectivity index (χ2v) is 23.7. The van der Waals surface area contributed by atoms with Crippen LogP contribution in [0.1, 0.15) is 122 Å². The molecular weight excluding hydrogens is 813 g/mol. The summed E-state index contributed by atoms with van der Waals surface area (Å²) in [5.41, 5.74) is -0.627. The van der Waals surface area contributed by atoms with Gasteiger partial charge in [0.2, 0.25) is 5.89 Å². The zero-order valence-electron chi connectivity index (χ0n) is 40.2. The van der Waals surface area contributed by atoms with Crippen LogP contribution in [-0.2, 0) is 25.1 Å². The van der Waals surface area contributed by atoms with E-state index in [9.17, 15) is 14.7 Å². The molecule has 0 saturated carbocycles. The number of nitrogens with zero attached hydrogens (tertiary/aromatic N) is 2. The first-order valence-corrected chi connectivity index (χ1v) is 25.0. The average molecular weight is 887 g/mol.